The summed E-state index contributed by atoms with van der Waals surface area (Å²) in [6, 6.07) is 33.9. The van der Waals surface area contributed by atoms with E-state index in [-0.39, 0.29) is 6.42 Å². The number of carboxylic acids is 1. The lowest BCUT2D eigenvalue weighted by atomic mass is 9.97. The third-order valence-corrected chi connectivity index (χ3v) is 6.56. The molecule has 0 saturated heterocycles. The molecule has 1 heterocycles. The van der Waals surface area contributed by atoms with Gasteiger partial charge in [-0.25, -0.2) is 9.78 Å². The number of hydrogen-bond acceptors (Lipinski definition) is 5. The van der Waals surface area contributed by atoms with Gasteiger partial charge in [-0.2, -0.15) is 5.26 Å². The first-order valence-electron chi connectivity index (χ1n) is 12.8. The van der Waals surface area contributed by atoms with Gasteiger partial charge in [-0.15, -0.1) is 0 Å². The number of fused-ring (bicyclic) bond motifs is 1. The zero-order valence-electron chi connectivity index (χ0n) is 21.5. The number of carbonyl (C=O) groups is 1. The molecule has 0 spiro atoms. The van der Waals surface area contributed by atoms with E-state index >= 15 is 0 Å². The molecule has 4 aromatic carbocycles. The number of aliphatic carboxylic acids is 1. The Morgan fingerprint density at radius 1 is 0.923 bits per heavy atom. The Bertz CT molecular complexity index is 1660. The third kappa shape index (κ3) is 5.43. The summed E-state index contributed by atoms with van der Waals surface area (Å²) < 4.78 is 5.79. The fourth-order valence-electron chi connectivity index (χ4n) is 4.70. The van der Waals surface area contributed by atoms with E-state index in [0.717, 1.165) is 28.0 Å². The van der Waals surface area contributed by atoms with Crippen molar-refractivity contribution in [3.8, 4) is 34.2 Å². The van der Waals surface area contributed by atoms with Crippen LogP contribution in [0.3, 0.4) is 0 Å². The van der Waals surface area contributed by atoms with Crippen LogP contribution < -0.4 is 10.1 Å². The van der Waals surface area contributed by atoms with Crippen LogP contribution in [0.4, 0.5) is 5.69 Å². The van der Waals surface area contributed by atoms with Crippen molar-refractivity contribution in [3.05, 3.63) is 114 Å². The van der Waals surface area contributed by atoms with E-state index < -0.39 is 12.0 Å². The van der Waals surface area contributed by atoms with Gasteiger partial charge in [-0.3, -0.25) is 0 Å². The zero-order valence-corrected chi connectivity index (χ0v) is 21.5. The highest BCUT2D eigenvalue weighted by atomic mass is 16.5. The number of aromatic nitrogens is 1. The fraction of sp³-hybridized carbons (Fsp3) is 0.121. The Kier molecular flexibility index (Phi) is 7.51. The number of nitriles is 1. The highest BCUT2D eigenvalue weighted by Crippen LogP contribution is 2.36. The Labute approximate surface area is 227 Å². The van der Waals surface area contributed by atoms with E-state index in [2.05, 4.69) is 11.4 Å². The number of nitrogens with zero attached hydrogens (tertiary/aromatic N) is 2. The van der Waals surface area contributed by atoms with Gasteiger partial charge in [-0.1, -0.05) is 91.0 Å². The molecule has 0 amide bonds. The molecular weight excluding hydrogens is 486 g/mol. The Hall–Kier alpha value is -5.15. The third-order valence-electron chi connectivity index (χ3n) is 6.56. The number of nitrogens with one attached hydrogen (secondary N) is 1. The van der Waals surface area contributed by atoms with Gasteiger partial charge < -0.3 is 15.2 Å². The molecule has 6 nitrogen and oxygen atoms in total. The molecule has 0 saturated carbocycles. The lowest BCUT2D eigenvalue weighted by Crippen LogP contribution is -2.32. The minimum atomic E-state index is -0.998. The minimum Gasteiger partial charge on any atom is -0.493 e. The summed E-state index contributed by atoms with van der Waals surface area (Å²) in [5, 5.41) is 24.2. The van der Waals surface area contributed by atoms with Crippen molar-refractivity contribution in [2.24, 2.45) is 0 Å². The Balaban J connectivity index is 1.58. The van der Waals surface area contributed by atoms with Crippen molar-refractivity contribution in [1.82, 2.24) is 4.98 Å². The lowest BCUT2D eigenvalue weighted by Gasteiger charge is -2.20. The van der Waals surface area contributed by atoms with E-state index in [4.69, 9.17) is 9.72 Å². The van der Waals surface area contributed by atoms with Crippen molar-refractivity contribution >= 4 is 22.6 Å². The molecule has 0 aliphatic rings. The van der Waals surface area contributed by atoms with Gasteiger partial charge in [0.15, 0.2) is 0 Å². The molecule has 0 bridgehead atoms. The molecule has 0 unspecified atom stereocenters. The van der Waals surface area contributed by atoms with Crippen LogP contribution in [0.25, 0.3) is 33.3 Å². The highest BCUT2D eigenvalue weighted by Gasteiger charge is 2.23. The standard InChI is InChI=1S/C33H27N3O3/c1-2-39-30-15-9-7-12-25(30)23-16-18-24(19-17-23)31-27(21-34)32(26-13-6-8-14-28(26)35-31)36-29(33(37)38)20-22-10-4-3-5-11-22/h3-19,29H,2,20H2,1H3,(H,35,36)(H,37,38)/t29-/m1/s1. The molecule has 0 fully saturated rings. The topological polar surface area (TPSA) is 95.2 Å². The van der Waals surface area contributed by atoms with Crippen LogP contribution in [-0.2, 0) is 11.2 Å². The summed E-state index contributed by atoms with van der Waals surface area (Å²) >= 11 is 0. The summed E-state index contributed by atoms with van der Waals surface area (Å²) in [7, 11) is 0. The number of carboxylic acid groups (broad SMARTS) is 1. The van der Waals surface area contributed by atoms with E-state index in [1.165, 1.54) is 0 Å². The quantitative estimate of drug-likeness (QED) is 0.222. The van der Waals surface area contributed by atoms with Crippen molar-refractivity contribution in [1.29, 1.82) is 5.26 Å². The van der Waals surface area contributed by atoms with Gasteiger partial charge in [0.25, 0.3) is 0 Å². The van der Waals surface area contributed by atoms with Crippen LogP contribution in [0.15, 0.2) is 103 Å². The Morgan fingerprint density at radius 2 is 1.59 bits per heavy atom. The summed E-state index contributed by atoms with van der Waals surface area (Å²) in [5.74, 6) is -0.193. The van der Waals surface area contributed by atoms with E-state index in [1.807, 2.05) is 110 Å². The summed E-state index contributed by atoms with van der Waals surface area (Å²) in [4.78, 5) is 17.1. The number of anilines is 1. The zero-order chi connectivity index (χ0) is 27.2. The molecule has 0 radical (unpaired) electrons. The molecule has 0 aliphatic carbocycles. The number of hydrogen-bond donors (Lipinski definition) is 2. The van der Waals surface area contributed by atoms with Crippen LogP contribution in [0, 0.1) is 11.3 Å². The van der Waals surface area contributed by atoms with Gasteiger partial charge in [0.1, 0.15) is 23.4 Å². The summed E-state index contributed by atoms with van der Waals surface area (Å²) in [6.07, 6.45) is 0.265. The summed E-state index contributed by atoms with van der Waals surface area (Å²) in [5.41, 5.74) is 5.53. The van der Waals surface area contributed by atoms with Gasteiger partial charge >= 0.3 is 5.97 Å². The number of ether oxygens (including phenoxy) is 1. The maximum Gasteiger partial charge on any atom is 0.326 e. The van der Waals surface area contributed by atoms with E-state index in [9.17, 15) is 15.2 Å². The first-order valence-corrected chi connectivity index (χ1v) is 12.8. The SMILES string of the molecule is CCOc1ccccc1-c1ccc(-c2nc3ccccc3c(N[C@H](Cc3ccccc3)C(=O)O)c2C#N)cc1. The molecule has 0 aliphatic heterocycles. The van der Waals surface area contributed by atoms with Crippen molar-refractivity contribution in [2.75, 3.05) is 11.9 Å². The number of para-hydroxylation sites is 2. The van der Waals surface area contributed by atoms with E-state index in [1.54, 1.807) is 0 Å². The fourth-order valence-corrected chi connectivity index (χ4v) is 4.70. The molecular formula is C33H27N3O3. The van der Waals surface area contributed by atoms with Crippen molar-refractivity contribution in [3.63, 3.8) is 0 Å². The van der Waals surface area contributed by atoms with Gasteiger partial charge in [0.2, 0.25) is 0 Å². The van der Waals surface area contributed by atoms with Crippen LogP contribution in [-0.4, -0.2) is 28.7 Å². The molecule has 1 aromatic heterocycles. The monoisotopic (exact) mass is 513 g/mol. The maximum atomic E-state index is 12.3. The molecule has 192 valence electrons. The van der Waals surface area contributed by atoms with Gasteiger partial charge in [-0.05, 0) is 30.2 Å². The molecule has 5 aromatic rings. The van der Waals surface area contributed by atoms with Crippen molar-refractivity contribution in [2.45, 2.75) is 19.4 Å². The van der Waals surface area contributed by atoms with Crippen LogP contribution >= 0.6 is 0 Å². The van der Waals surface area contributed by atoms with Crippen molar-refractivity contribution < 1.29 is 14.6 Å². The second-order valence-corrected chi connectivity index (χ2v) is 9.07. The van der Waals surface area contributed by atoms with Gasteiger partial charge in [0, 0.05) is 22.9 Å². The largest absolute Gasteiger partial charge is 0.493 e. The lowest BCUT2D eigenvalue weighted by molar-refractivity contribution is -0.137. The molecule has 1 atom stereocenters. The molecule has 39 heavy (non-hydrogen) atoms. The van der Waals surface area contributed by atoms with Gasteiger partial charge in [0.05, 0.1) is 23.5 Å². The smallest absolute Gasteiger partial charge is 0.326 e. The average Bonchev–Trinajstić information content (AvgIpc) is 2.97. The number of rotatable bonds is 9. The Morgan fingerprint density at radius 3 is 2.31 bits per heavy atom. The second kappa shape index (κ2) is 11.5. The molecule has 5 rings (SSSR count). The normalized spacial score (nSPS) is 11.5. The summed E-state index contributed by atoms with van der Waals surface area (Å²) in [6.45, 7) is 2.52. The van der Waals surface area contributed by atoms with Crippen LogP contribution in [0.2, 0.25) is 0 Å². The van der Waals surface area contributed by atoms with Crippen LogP contribution in [0.1, 0.15) is 18.1 Å². The predicted octanol–water partition coefficient (Wildman–Crippen LogP) is 6.95. The maximum absolute atomic E-state index is 12.3. The number of benzene rings is 4. The first-order chi connectivity index (χ1) is 19.1. The predicted molar refractivity (Wildman–Crippen MR) is 154 cm³/mol. The highest BCUT2D eigenvalue weighted by molar-refractivity contribution is 5.99. The number of pyridine rings is 1. The molecule has 6 heteroatoms. The average molecular weight is 514 g/mol. The van der Waals surface area contributed by atoms with Crippen LogP contribution in [0.5, 0.6) is 5.75 Å². The minimum absolute atomic E-state index is 0.265. The second-order valence-electron chi connectivity index (χ2n) is 9.07. The van der Waals surface area contributed by atoms with E-state index in [0.29, 0.717) is 34.5 Å². The molecule has 2 N–H and O–H groups in total. The first kappa shape index (κ1) is 25.5.